The SMILES string of the molecule is CCNCCCN(C)S(=O)(=O)Nc1ccc(Br)cc1Br. The van der Waals surface area contributed by atoms with Crippen molar-refractivity contribution in [3.63, 3.8) is 0 Å². The van der Waals surface area contributed by atoms with Gasteiger partial charge in [0.1, 0.15) is 0 Å². The number of halogens is 2. The van der Waals surface area contributed by atoms with Gasteiger partial charge in [-0.25, -0.2) is 0 Å². The van der Waals surface area contributed by atoms with Crippen molar-refractivity contribution in [1.29, 1.82) is 0 Å². The summed E-state index contributed by atoms with van der Waals surface area (Å²) in [6, 6.07) is 5.29. The third-order valence-corrected chi connectivity index (χ3v) is 5.29. The first-order valence-electron chi connectivity index (χ1n) is 6.26. The molecule has 5 nitrogen and oxygen atoms in total. The van der Waals surface area contributed by atoms with Crippen LogP contribution < -0.4 is 10.0 Å². The van der Waals surface area contributed by atoms with Crippen LogP contribution in [0.2, 0.25) is 0 Å². The van der Waals surface area contributed by atoms with Crippen LogP contribution >= 0.6 is 31.9 Å². The highest BCUT2D eigenvalue weighted by atomic mass is 79.9. The van der Waals surface area contributed by atoms with Crippen LogP contribution in [0.5, 0.6) is 0 Å². The van der Waals surface area contributed by atoms with Crippen molar-refractivity contribution in [2.45, 2.75) is 13.3 Å². The van der Waals surface area contributed by atoms with Crippen LogP contribution in [-0.2, 0) is 10.2 Å². The molecule has 0 amide bonds. The molecule has 0 unspecified atom stereocenters. The number of hydrogen-bond donors (Lipinski definition) is 2. The molecule has 1 aromatic carbocycles. The molecule has 0 saturated carbocycles. The second-order valence-electron chi connectivity index (χ2n) is 4.26. The smallest absolute Gasteiger partial charge is 0.301 e. The standard InChI is InChI=1S/C12H19Br2N3O2S/c1-3-15-7-4-8-17(2)20(18,19)16-12-6-5-10(13)9-11(12)14/h5-6,9,15-16H,3-4,7-8H2,1-2H3. The highest BCUT2D eigenvalue weighted by Crippen LogP contribution is 2.27. The van der Waals surface area contributed by atoms with Gasteiger partial charge in [-0.3, -0.25) is 4.72 Å². The molecule has 0 saturated heterocycles. The molecule has 0 heterocycles. The molecule has 0 bridgehead atoms. The molecule has 0 spiro atoms. The number of rotatable bonds is 8. The van der Waals surface area contributed by atoms with Crippen molar-refractivity contribution >= 4 is 47.8 Å². The van der Waals surface area contributed by atoms with E-state index in [4.69, 9.17) is 0 Å². The summed E-state index contributed by atoms with van der Waals surface area (Å²) in [4.78, 5) is 0. The van der Waals surface area contributed by atoms with Crippen LogP contribution in [-0.4, -0.2) is 39.4 Å². The monoisotopic (exact) mass is 427 g/mol. The lowest BCUT2D eigenvalue weighted by molar-refractivity contribution is 0.459. The lowest BCUT2D eigenvalue weighted by Gasteiger charge is -2.19. The Morgan fingerprint density at radius 3 is 2.60 bits per heavy atom. The third kappa shape index (κ3) is 5.69. The van der Waals surface area contributed by atoms with Crippen LogP contribution in [0, 0.1) is 0 Å². The molecule has 0 radical (unpaired) electrons. The van der Waals surface area contributed by atoms with Gasteiger partial charge < -0.3 is 5.32 Å². The highest BCUT2D eigenvalue weighted by molar-refractivity contribution is 9.11. The summed E-state index contributed by atoms with van der Waals surface area (Å²) in [7, 11) is -1.96. The Hall–Kier alpha value is -0.150. The maximum absolute atomic E-state index is 12.2. The molecule has 114 valence electrons. The van der Waals surface area contributed by atoms with Gasteiger partial charge in [0.25, 0.3) is 0 Å². The summed E-state index contributed by atoms with van der Waals surface area (Å²) in [6.07, 6.45) is 0.771. The van der Waals surface area contributed by atoms with Gasteiger partial charge >= 0.3 is 10.2 Å². The summed E-state index contributed by atoms with van der Waals surface area (Å²) in [5.41, 5.74) is 0.520. The van der Waals surface area contributed by atoms with Crippen LogP contribution in [0.1, 0.15) is 13.3 Å². The Kier molecular flexibility index (Phi) is 7.46. The van der Waals surface area contributed by atoms with Crippen molar-refractivity contribution in [1.82, 2.24) is 9.62 Å². The number of anilines is 1. The molecule has 0 aliphatic carbocycles. The van der Waals surface area contributed by atoms with Gasteiger partial charge in [0.05, 0.1) is 5.69 Å². The van der Waals surface area contributed by atoms with E-state index in [0.29, 0.717) is 16.7 Å². The van der Waals surface area contributed by atoms with E-state index in [-0.39, 0.29) is 0 Å². The normalized spacial score (nSPS) is 11.8. The zero-order chi connectivity index (χ0) is 15.2. The molecule has 0 aliphatic rings. The van der Waals surface area contributed by atoms with E-state index in [1.807, 2.05) is 6.92 Å². The number of hydrogen-bond acceptors (Lipinski definition) is 3. The van der Waals surface area contributed by atoms with Gasteiger partial charge in [-0.1, -0.05) is 22.9 Å². The predicted molar refractivity (Wildman–Crippen MR) is 90.2 cm³/mol. The van der Waals surface area contributed by atoms with E-state index in [1.54, 1.807) is 25.2 Å². The molecule has 0 fully saturated rings. The van der Waals surface area contributed by atoms with E-state index in [9.17, 15) is 8.42 Å². The maximum atomic E-state index is 12.2. The largest absolute Gasteiger partial charge is 0.317 e. The van der Waals surface area contributed by atoms with Gasteiger partial charge in [0.15, 0.2) is 0 Å². The molecule has 20 heavy (non-hydrogen) atoms. The maximum Gasteiger partial charge on any atom is 0.301 e. The van der Waals surface area contributed by atoms with Crippen LogP contribution in [0.4, 0.5) is 5.69 Å². The molecular weight excluding hydrogens is 410 g/mol. The minimum atomic E-state index is -3.53. The minimum absolute atomic E-state index is 0.469. The summed E-state index contributed by atoms with van der Waals surface area (Å²) in [6.45, 7) is 4.18. The Balaban J connectivity index is 2.64. The molecule has 1 rings (SSSR count). The van der Waals surface area contributed by atoms with E-state index < -0.39 is 10.2 Å². The van der Waals surface area contributed by atoms with Crippen LogP contribution in [0.3, 0.4) is 0 Å². The average Bonchev–Trinajstić information content (AvgIpc) is 2.37. The van der Waals surface area contributed by atoms with E-state index in [1.165, 1.54) is 4.31 Å². The first-order valence-corrected chi connectivity index (χ1v) is 9.29. The Labute approximate surface area is 137 Å². The molecule has 0 aromatic heterocycles. The average molecular weight is 429 g/mol. The first-order chi connectivity index (χ1) is 9.36. The Morgan fingerprint density at radius 1 is 1.30 bits per heavy atom. The molecule has 1 aromatic rings. The number of nitrogens with one attached hydrogen (secondary N) is 2. The lowest BCUT2D eigenvalue weighted by atomic mass is 10.3. The third-order valence-electron chi connectivity index (χ3n) is 2.66. The zero-order valence-electron chi connectivity index (χ0n) is 11.5. The van der Waals surface area contributed by atoms with Gasteiger partial charge in [-0.15, -0.1) is 0 Å². The molecule has 8 heteroatoms. The Morgan fingerprint density at radius 2 is 2.00 bits per heavy atom. The predicted octanol–water partition coefficient (Wildman–Crippen LogP) is 2.80. The highest BCUT2D eigenvalue weighted by Gasteiger charge is 2.18. The second kappa shape index (κ2) is 8.33. The van der Waals surface area contributed by atoms with Crippen molar-refractivity contribution in [2.24, 2.45) is 0 Å². The topological polar surface area (TPSA) is 61.4 Å². The summed E-state index contributed by atoms with van der Waals surface area (Å²) in [5, 5.41) is 3.17. The van der Waals surface area contributed by atoms with Crippen LogP contribution in [0.25, 0.3) is 0 Å². The van der Waals surface area contributed by atoms with E-state index in [2.05, 4.69) is 41.9 Å². The van der Waals surface area contributed by atoms with Gasteiger partial charge in [-0.05, 0) is 53.6 Å². The Bertz CT molecular complexity index is 538. The second-order valence-corrected chi connectivity index (χ2v) is 7.81. The van der Waals surface area contributed by atoms with Crippen molar-refractivity contribution in [3.8, 4) is 0 Å². The quantitative estimate of drug-likeness (QED) is 0.625. The zero-order valence-corrected chi connectivity index (χ0v) is 15.5. The fraction of sp³-hybridized carbons (Fsp3) is 0.500. The summed E-state index contributed by atoms with van der Waals surface area (Å²) < 4.78 is 29.8. The van der Waals surface area contributed by atoms with Crippen molar-refractivity contribution in [3.05, 3.63) is 27.1 Å². The molecule has 0 aliphatic heterocycles. The van der Waals surface area contributed by atoms with Gasteiger partial charge in [0.2, 0.25) is 0 Å². The van der Waals surface area contributed by atoms with Crippen LogP contribution in [0.15, 0.2) is 27.1 Å². The number of benzene rings is 1. The van der Waals surface area contributed by atoms with E-state index >= 15 is 0 Å². The van der Waals surface area contributed by atoms with Gasteiger partial charge in [0, 0.05) is 22.5 Å². The molecule has 0 atom stereocenters. The minimum Gasteiger partial charge on any atom is -0.317 e. The first kappa shape index (κ1) is 17.9. The lowest BCUT2D eigenvalue weighted by Crippen LogP contribution is -2.34. The van der Waals surface area contributed by atoms with Gasteiger partial charge in [-0.2, -0.15) is 12.7 Å². The molecule has 2 N–H and O–H groups in total. The number of nitrogens with zero attached hydrogens (tertiary/aromatic N) is 1. The fourth-order valence-corrected chi connectivity index (χ4v) is 3.77. The van der Waals surface area contributed by atoms with Crippen molar-refractivity contribution in [2.75, 3.05) is 31.4 Å². The summed E-state index contributed by atoms with van der Waals surface area (Å²) >= 11 is 6.67. The van der Waals surface area contributed by atoms with E-state index in [0.717, 1.165) is 24.0 Å². The summed E-state index contributed by atoms with van der Waals surface area (Å²) in [5.74, 6) is 0. The van der Waals surface area contributed by atoms with Crippen molar-refractivity contribution < 1.29 is 8.42 Å². The fourth-order valence-electron chi connectivity index (χ4n) is 1.51. The molecular formula is C12H19Br2N3O2S.